The number of nitrogens with one attached hydrogen (secondary N) is 2. The molecule has 2 unspecified atom stereocenters. The van der Waals surface area contributed by atoms with Gasteiger partial charge in [-0.3, -0.25) is 19.2 Å². The van der Waals surface area contributed by atoms with Crippen LogP contribution in [-0.2, 0) is 19.2 Å². The molecule has 5 fully saturated rings. The van der Waals surface area contributed by atoms with Gasteiger partial charge in [-0.15, -0.1) is 0 Å². The van der Waals surface area contributed by atoms with E-state index in [9.17, 15) is 24.3 Å². The van der Waals surface area contributed by atoms with Gasteiger partial charge in [0.25, 0.3) is 0 Å². The van der Waals surface area contributed by atoms with Crippen molar-refractivity contribution in [1.29, 1.82) is 0 Å². The molecule has 1 heterocycles. The van der Waals surface area contributed by atoms with Crippen LogP contribution in [0.4, 0.5) is 0 Å². The maximum absolute atomic E-state index is 14.9. The number of aliphatic carboxylic acids is 1. The van der Waals surface area contributed by atoms with Crippen molar-refractivity contribution in [3.05, 3.63) is 70.8 Å². The van der Waals surface area contributed by atoms with E-state index in [1.807, 2.05) is 29.2 Å². The van der Waals surface area contributed by atoms with E-state index in [0.29, 0.717) is 37.3 Å². The first kappa shape index (κ1) is 29.7. The van der Waals surface area contributed by atoms with Crippen molar-refractivity contribution in [2.45, 2.75) is 82.2 Å². The number of carbonyl (C=O) groups excluding carboxylic acids is 3. The van der Waals surface area contributed by atoms with Gasteiger partial charge in [0.2, 0.25) is 17.7 Å². The third-order valence-corrected chi connectivity index (χ3v) is 12.8. The lowest BCUT2D eigenvalue weighted by Crippen LogP contribution is -2.56. The van der Waals surface area contributed by atoms with Crippen LogP contribution in [0.5, 0.6) is 0 Å². The number of likely N-dealkylation sites (tertiary alicyclic amines) is 1. The number of nitrogens with zero attached hydrogens (tertiary/aromatic N) is 1. The van der Waals surface area contributed by atoms with E-state index >= 15 is 0 Å². The number of fused-ring (bicyclic) bond motifs is 1. The summed E-state index contributed by atoms with van der Waals surface area (Å²) in [7, 11) is 0. The Kier molecular flexibility index (Phi) is 7.45. The third kappa shape index (κ3) is 4.85. The van der Waals surface area contributed by atoms with Gasteiger partial charge in [0, 0.05) is 37.4 Å². The summed E-state index contributed by atoms with van der Waals surface area (Å²) in [5.74, 6) is 0.577. The summed E-state index contributed by atoms with van der Waals surface area (Å²) in [6, 6.07) is 15.3. The Hall–Kier alpha value is -3.68. The molecule has 4 saturated carbocycles. The van der Waals surface area contributed by atoms with Gasteiger partial charge in [0.05, 0.1) is 11.8 Å². The highest BCUT2D eigenvalue weighted by Gasteiger charge is 2.57. The van der Waals surface area contributed by atoms with Crippen LogP contribution in [0, 0.1) is 41.4 Å². The van der Waals surface area contributed by atoms with Crippen LogP contribution in [0.2, 0.25) is 0 Å². The molecule has 3 amide bonds. The van der Waals surface area contributed by atoms with Crippen molar-refractivity contribution in [3.8, 4) is 0 Å². The zero-order valence-electron chi connectivity index (χ0n) is 26.6. The van der Waals surface area contributed by atoms with E-state index in [1.165, 1.54) is 39.0 Å². The Balaban J connectivity index is 1.10. The Morgan fingerprint density at radius 2 is 1.37 bits per heavy atom. The topological polar surface area (TPSA) is 116 Å². The molecule has 8 aliphatic rings. The number of carboxylic acid groups (broad SMARTS) is 1. The molecule has 46 heavy (non-hydrogen) atoms. The van der Waals surface area contributed by atoms with E-state index in [2.05, 4.69) is 34.9 Å². The molecule has 0 spiro atoms. The van der Waals surface area contributed by atoms with Crippen molar-refractivity contribution < 1.29 is 24.3 Å². The fourth-order valence-electron chi connectivity index (χ4n) is 11.1. The smallest absolute Gasteiger partial charge is 0.325 e. The van der Waals surface area contributed by atoms with E-state index in [1.54, 1.807) is 0 Å². The van der Waals surface area contributed by atoms with Gasteiger partial charge in [0.1, 0.15) is 6.04 Å². The highest BCUT2D eigenvalue weighted by Crippen LogP contribution is 2.59. The van der Waals surface area contributed by atoms with Gasteiger partial charge >= 0.3 is 5.97 Å². The van der Waals surface area contributed by atoms with E-state index in [-0.39, 0.29) is 42.0 Å². The molecule has 4 atom stereocenters. The van der Waals surface area contributed by atoms with Gasteiger partial charge in [-0.05, 0) is 104 Å². The van der Waals surface area contributed by atoms with Crippen LogP contribution >= 0.6 is 0 Å². The Labute approximate surface area is 270 Å². The van der Waals surface area contributed by atoms with Gasteiger partial charge in [-0.2, -0.15) is 0 Å². The number of hydrogen-bond acceptors (Lipinski definition) is 4. The van der Waals surface area contributed by atoms with Crippen molar-refractivity contribution in [1.82, 2.24) is 15.5 Å². The van der Waals surface area contributed by atoms with Crippen molar-refractivity contribution in [3.63, 3.8) is 0 Å². The predicted molar refractivity (Wildman–Crippen MR) is 172 cm³/mol. The first-order valence-corrected chi connectivity index (χ1v) is 17.6. The van der Waals surface area contributed by atoms with Crippen LogP contribution in [0.1, 0.15) is 92.4 Å². The van der Waals surface area contributed by atoms with Crippen LogP contribution in [0.15, 0.2) is 48.5 Å². The summed E-state index contributed by atoms with van der Waals surface area (Å²) < 4.78 is 0. The molecule has 8 nitrogen and oxygen atoms in total. The molecule has 2 aromatic carbocycles. The molecule has 0 aromatic heterocycles. The molecule has 8 heteroatoms. The first-order chi connectivity index (χ1) is 22.3. The van der Waals surface area contributed by atoms with Crippen LogP contribution in [0.25, 0.3) is 0 Å². The zero-order valence-corrected chi connectivity index (χ0v) is 26.6. The summed E-state index contributed by atoms with van der Waals surface area (Å²) in [6.45, 7) is 2.67. The average molecular weight is 624 g/mol. The number of rotatable bonds is 8. The lowest BCUT2D eigenvalue weighted by Gasteiger charge is -2.54. The summed E-state index contributed by atoms with van der Waals surface area (Å²) in [5, 5.41) is 15.3. The predicted octanol–water partition coefficient (Wildman–Crippen LogP) is 4.67. The number of amides is 3. The van der Waals surface area contributed by atoms with Crippen molar-refractivity contribution in [2.24, 2.45) is 41.4 Å². The molecule has 10 rings (SSSR count). The van der Waals surface area contributed by atoms with Crippen LogP contribution in [0.3, 0.4) is 0 Å². The quantitative estimate of drug-likeness (QED) is 0.396. The molecule has 6 bridgehead atoms. The van der Waals surface area contributed by atoms with E-state index in [4.69, 9.17) is 0 Å². The monoisotopic (exact) mass is 623 g/mol. The maximum Gasteiger partial charge on any atom is 0.325 e. The second-order valence-electron chi connectivity index (χ2n) is 15.3. The lowest BCUT2D eigenvalue weighted by molar-refractivity contribution is -0.146. The van der Waals surface area contributed by atoms with Gasteiger partial charge in [-0.25, -0.2) is 0 Å². The number of benzene rings is 2. The molecule has 2 aromatic rings. The standard InChI is InChI=1S/C38H45N3O5/c1-20(38(45)46)40-31(42)18-25-7-6-12-41(25)37(44)35-33-28-10-4-2-8-26(28)32(27-9-3-5-11-29(27)33)34(35)36(43)39-19-30-23-14-21-13-22(16-23)17-24(30)15-21/h2-5,8-11,20-25,30,32-35H,6-7,12-19H2,1H3,(H,39,43)(H,40,42)(H,45,46)/t20-,21?,22?,23?,24?,25+,30?,32?,33?,34?,35?/m1/s1. The molecular formula is C38H45N3O5. The fourth-order valence-corrected chi connectivity index (χ4v) is 11.1. The minimum Gasteiger partial charge on any atom is -0.480 e. The molecular weight excluding hydrogens is 578 g/mol. The largest absolute Gasteiger partial charge is 0.480 e. The molecule has 0 radical (unpaired) electrons. The van der Waals surface area contributed by atoms with Crippen molar-refractivity contribution in [2.75, 3.05) is 13.1 Å². The summed E-state index contributed by atoms with van der Waals surface area (Å²) in [4.78, 5) is 55.5. The first-order valence-electron chi connectivity index (χ1n) is 17.6. The SMILES string of the molecule is C[C@@H](NC(=O)C[C@@H]1CCCN1C(=O)C1C2c3ccccc3C(c3ccccc32)C1C(=O)NCC1C2CC3CC(C2)CC1C3)C(=O)O. The minimum atomic E-state index is -1.09. The van der Waals surface area contributed by atoms with Gasteiger partial charge in [0.15, 0.2) is 0 Å². The molecule has 3 N–H and O–H groups in total. The highest BCUT2D eigenvalue weighted by molar-refractivity contribution is 5.93. The summed E-state index contributed by atoms with van der Waals surface area (Å²) in [5.41, 5.74) is 4.53. The van der Waals surface area contributed by atoms with Gasteiger partial charge in [-0.1, -0.05) is 48.5 Å². The van der Waals surface area contributed by atoms with E-state index in [0.717, 1.165) is 40.5 Å². The maximum atomic E-state index is 14.9. The Bertz CT molecular complexity index is 1500. The number of carboxylic acids is 1. The fraction of sp³-hybridized carbons (Fsp3) is 0.579. The molecule has 7 aliphatic carbocycles. The molecule has 242 valence electrons. The van der Waals surface area contributed by atoms with Crippen LogP contribution in [-0.4, -0.2) is 58.9 Å². The normalized spacial score (nSPS) is 35.3. The Morgan fingerprint density at radius 1 is 0.826 bits per heavy atom. The number of carbonyl (C=O) groups is 4. The zero-order chi connectivity index (χ0) is 31.7. The highest BCUT2D eigenvalue weighted by atomic mass is 16.4. The van der Waals surface area contributed by atoms with E-state index < -0.39 is 23.8 Å². The minimum absolute atomic E-state index is 0.0186. The summed E-state index contributed by atoms with van der Waals surface area (Å²) in [6.07, 6.45) is 8.13. The second-order valence-corrected chi connectivity index (χ2v) is 15.3. The summed E-state index contributed by atoms with van der Waals surface area (Å²) >= 11 is 0. The average Bonchev–Trinajstić information content (AvgIpc) is 3.51. The molecule has 1 saturated heterocycles. The lowest BCUT2D eigenvalue weighted by atomic mass is 9.51. The number of hydrogen-bond donors (Lipinski definition) is 3. The van der Waals surface area contributed by atoms with Gasteiger partial charge < -0.3 is 20.6 Å². The van der Waals surface area contributed by atoms with Crippen molar-refractivity contribution >= 4 is 23.7 Å². The van der Waals surface area contributed by atoms with Crippen LogP contribution < -0.4 is 10.6 Å². The Morgan fingerprint density at radius 3 is 1.91 bits per heavy atom. The third-order valence-electron chi connectivity index (χ3n) is 12.8. The second kappa shape index (κ2) is 11.5. The molecule has 1 aliphatic heterocycles.